The molecule has 2 heterocycles. The van der Waals surface area contributed by atoms with E-state index in [9.17, 15) is 0 Å². The van der Waals surface area contributed by atoms with Crippen molar-refractivity contribution in [2.75, 3.05) is 43.1 Å². The first kappa shape index (κ1) is 16.7. The minimum absolute atomic E-state index is 0.835. The number of hydrogen-bond donors (Lipinski definition) is 0. The molecule has 1 fully saturated rings. The van der Waals surface area contributed by atoms with Crippen LogP contribution in [0, 0.1) is 13.8 Å². The van der Waals surface area contributed by atoms with Gasteiger partial charge < -0.3 is 14.5 Å². The van der Waals surface area contributed by atoms with Gasteiger partial charge in [0.15, 0.2) is 0 Å². The molecule has 0 spiro atoms. The summed E-state index contributed by atoms with van der Waals surface area (Å²) in [5, 5.41) is 1.17. The van der Waals surface area contributed by atoms with E-state index in [-0.39, 0.29) is 0 Å². The summed E-state index contributed by atoms with van der Waals surface area (Å²) in [6, 6.07) is 15.0. The first-order valence-electron chi connectivity index (χ1n) is 9.16. The quantitative estimate of drug-likeness (QED) is 0.710. The summed E-state index contributed by atoms with van der Waals surface area (Å²) in [5.41, 5.74) is 6.07. The van der Waals surface area contributed by atoms with Crippen LogP contribution < -0.4 is 14.5 Å². The minimum Gasteiger partial charge on any atom is -0.494 e. The van der Waals surface area contributed by atoms with Crippen molar-refractivity contribution in [2.24, 2.45) is 0 Å². The molecule has 0 aliphatic carbocycles. The van der Waals surface area contributed by atoms with E-state index in [1.54, 1.807) is 7.11 Å². The summed E-state index contributed by atoms with van der Waals surface area (Å²) in [5.74, 6) is 0.835. The normalized spacial score (nSPS) is 14.7. The van der Waals surface area contributed by atoms with Crippen LogP contribution in [0.3, 0.4) is 0 Å². The molecule has 26 heavy (non-hydrogen) atoms. The molecule has 1 saturated heterocycles. The van der Waals surface area contributed by atoms with E-state index < -0.39 is 0 Å². The third-order valence-corrected chi connectivity index (χ3v) is 5.23. The Kier molecular flexibility index (Phi) is 4.41. The molecule has 4 heteroatoms. The lowest BCUT2D eigenvalue weighted by atomic mass is 10.1. The first-order chi connectivity index (χ1) is 12.7. The summed E-state index contributed by atoms with van der Waals surface area (Å²) in [6.45, 7) is 8.34. The van der Waals surface area contributed by atoms with Crippen LogP contribution in [0.4, 0.5) is 11.4 Å². The maximum Gasteiger partial charge on any atom is 0.145 e. The van der Waals surface area contributed by atoms with Crippen molar-refractivity contribution in [3.63, 3.8) is 0 Å². The lowest BCUT2D eigenvalue weighted by Crippen LogP contribution is -2.46. The number of aromatic nitrogens is 1. The van der Waals surface area contributed by atoms with Crippen molar-refractivity contribution in [3.8, 4) is 5.75 Å². The van der Waals surface area contributed by atoms with Gasteiger partial charge in [0.05, 0.1) is 12.8 Å². The van der Waals surface area contributed by atoms with Crippen LogP contribution in [0.5, 0.6) is 5.75 Å². The Labute approximate surface area is 155 Å². The number of rotatable bonds is 3. The maximum atomic E-state index is 5.50. The van der Waals surface area contributed by atoms with Gasteiger partial charge in [-0.2, -0.15) is 0 Å². The zero-order valence-corrected chi connectivity index (χ0v) is 15.7. The number of anilines is 2. The molecule has 0 N–H and O–H groups in total. The van der Waals surface area contributed by atoms with Gasteiger partial charge in [0.2, 0.25) is 0 Å². The van der Waals surface area contributed by atoms with E-state index in [2.05, 4.69) is 59.0 Å². The predicted octanol–water partition coefficient (Wildman–Crippen LogP) is 4.19. The third-order valence-electron chi connectivity index (χ3n) is 5.23. The van der Waals surface area contributed by atoms with Crippen molar-refractivity contribution in [2.45, 2.75) is 13.8 Å². The van der Waals surface area contributed by atoms with Gasteiger partial charge >= 0.3 is 0 Å². The summed E-state index contributed by atoms with van der Waals surface area (Å²) >= 11 is 0. The number of aryl methyl sites for hydroxylation is 2. The van der Waals surface area contributed by atoms with Gasteiger partial charge in [-0.25, -0.2) is 0 Å². The van der Waals surface area contributed by atoms with Crippen LogP contribution in [0.15, 0.2) is 48.7 Å². The van der Waals surface area contributed by atoms with E-state index >= 15 is 0 Å². The molecule has 3 aromatic rings. The Morgan fingerprint density at radius 2 is 1.58 bits per heavy atom. The molecule has 0 unspecified atom stereocenters. The van der Waals surface area contributed by atoms with Crippen molar-refractivity contribution in [1.82, 2.24) is 4.98 Å². The van der Waals surface area contributed by atoms with Gasteiger partial charge in [-0.3, -0.25) is 4.98 Å². The third kappa shape index (κ3) is 2.96. The van der Waals surface area contributed by atoms with Crippen LogP contribution in [0.2, 0.25) is 0 Å². The Balaban J connectivity index is 1.61. The van der Waals surface area contributed by atoms with Crippen molar-refractivity contribution < 1.29 is 4.74 Å². The van der Waals surface area contributed by atoms with Crippen LogP contribution in [-0.4, -0.2) is 38.3 Å². The molecule has 0 saturated carbocycles. The molecule has 4 rings (SSSR count). The topological polar surface area (TPSA) is 28.6 Å². The highest BCUT2D eigenvalue weighted by molar-refractivity contribution is 5.96. The molecule has 0 bridgehead atoms. The van der Waals surface area contributed by atoms with Crippen LogP contribution in [0.1, 0.15) is 11.1 Å². The van der Waals surface area contributed by atoms with Crippen molar-refractivity contribution >= 4 is 22.3 Å². The number of pyridine rings is 1. The molecule has 1 aromatic heterocycles. The Hall–Kier alpha value is -2.75. The Morgan fingerprint density at radius 1 is 0.885 bits per heavy atom. The van der Waals surface area contributed by atoms with Gasteiger partial charge in [-0.1, -0.05) is 29.8 Å². The van der Waals surface area contributed by atoms with Crippen LogP contribution >= 0.6 is 0 Å². The van der Waals surface area contributed by atoms with E-state index in [4.69, 9.17) is 4.74 Å². The van der Waals surface area contributed by atoms with Gasteiger partial charge in [-0.15, -0.1) is 0 Å². The Morgan fingerprint density at radius 3 is 2.27 bits per heavy atom. The summed E-state index contributed by atoms with van der Waals surface area (Å²) < 4.78 is 5.50. The number of fused-ring (bicyclic) bond motifs is 1. The molecule has 0 radical (unpaired) electrons. The number of para-hydroxylation sites is 1. The predicted molar refractivity (Wildman–Crippen MR) is 109 cm³/mol. The van der Waals surface area contributed by atoms with Crippen molar-refractivity contribution in [1.29, 1.82) is 0 Å². The molecular weight excluding hydrogens is 322 g/mol. The number of piperazine rings is 1. The highest BCUT2D eigenvalue weighted by Crippen LogP contribution is 2.34. The van der Waals surface area contributed by atoms with E-state index in [1.165, 1.54) is 27.9 Å². The first-order valence-corrected chi connectivity index (χ1v) is 9.16. The average Bonchev–Trinajstić information content (AvgIpc) is 2.68. The summed E-state index contributed by atoms with van der Waals surface area (Å²) in [4.78, 5) is 9.57. The Bertz CT molecular complexity index is 913. The fraction of sp³-hybridized carbons (Fsp3) is 0.318. The molecular formula is C22H25N3O. The molecule has 4 nitrogen and oxygen atoms in total. The second-order valence-electron chi connectivity index (χ2n) is 6.96. The summed E-state index contributed by atoms with van der Waals surface area (Å²) in [7, 11) is 1.70. The molecule has 0 atom stereocenters. The highest BCUT2D eigenvalue weighted by atomic mass is 16.5. The van der Waals surface area contributed by atoms with Gasteiger partial charge in [0.1, 0.15) is 11.3 Å². The number of ether oxygens (including phenoxy) is 1. The zero-order chi connectivity index (χ0) is 18.1. The largest absolute Gasteiger partial charge is 0.494 e. The van der Waals surface area contributed by atoms with Crippen LogP contribution in [-0.2, 0) is 0 Å². The van der Waals surface area contributed by atoms with E-state index in [1.807, 2.05) is 18.3 Å². The second-order valence-corrected chi connectivity index (χ2v) is 6.96. The molecule has 0 amide bonds. The SMILES string of the molecule is COc1cccc2c(N3CCN(c4ccc(C)cc4)CC3)c(C)cnc12. The van der Waals surface area contributed by atoms with E-state index in [0.29, 0.717) is 0 Å². The average molecular weight is 347 g/mol. The smallest absolute Gasteiger partial charge is 0.145 e. The number of benzene rings is 2. The monoisotopic (exact) mass is 347 g/mol. The van der Waals surface area contributed by atoms with E-state index in [0.717, 1.165) is 37.4 Å². The molecule has 134 valence electrons. The van der Waals surface area contributed by atoms with Gasteiger partial charge in [0, 0.05) is 43.4 Å². The number of nitrogens with zero attached hydrogens (tertiary/aromatic N) is 3. The highest BCUT2D eigenvalue weighted by Gasteiger charge is 2.21. The van der Waals surface area contributed by atoms with Gasteiger partial charge in [0.25, 0.3) is 0 Å². The molecule has 1 aliphatic heterocycles. The lowest BCUT2D eigenvalue weighted by molar-refractivity contribution is 0.419. The standard InChI is InChI=1S/C22H25N3O/c1-16-7-9-18(10-8-16)24-11-13-25(14-12-24)22-17(2)15-23-21-19(22)5-4-6-20(21)26-3/h4-10,15H,11-14H2,1-3H3. The number of methoxy groups -OCH3 is 1. The molecule has 1 aliphatic rings. The van der Waals surface area contributed by atoms with Gasteiger partial charge in [-0.05, 0) is 37.6 Å². The number of hydrogen-bond acceptors (Lipinski definition) is 4. The molecule has 2 aromatic carbocycles. The minimum atomic E-state index is 0.835. The van der Waals surface area contributed by atoms with Crippen molar-refractivity contribution in [3.05, 3.63) is 59.8 Å². The maximum absolute atomic E-state index is 5.50. The lowest BCUT2D eigenvalue weighted by Gasteiger charge is -2.38. The fourth-order valence-corrected chi connectivity index (χ4v) is 3.81. The zero-order valence-electron chi connectivity index (χ0n) is 15.7. The summed E-state index contributed by atoms with van der Waals surface area (Å²) in [6.07, 6.45) is 1.96. The second kappa shape index (κ2) is 6.87. The van der Waals surface area contributed by atoms with Crippen LogP contribution in [0.25, 0.3) is 10.9 Å². The fourth-order valence-electron chi connectivity index (χ4n) is 3.81.